The van der Waals surface area contributed by atoms with Crippen molar-refractivity contribution in [3.8, 4) is 5.75 Å². The lowest BCUT2D eigenvalue weighted by Gasteiger charge is -2.46. The Bertz CT molecular complexity index is 2420. The van der Waals surface area contributed by atoms with Crippen molar-refractivity contribution >= 4 is 28.7 Å². The zero-order chi connectivity index (χ0) is 43.9. The summed E-state index contributed by atoms with van der Waals surface area (Å²) in [5.74, 6) is 0.219. The SMILES string of the molecule is Cc1ccc(CN(CCCNC[C@H](O)c2ccc(O)c3[nH]c(=O)ccc23)C(=O)Cc2ccc(CC(=O)N3CCC(C(=O)O[C@H]4CN5CCC4CC5)(c4ccccc4)CC3)cc2)cc1. The fourth-order valence-electron chi connectivity index (χ4n) is 9.65. The molecule has 2 bridgehead atoms. The number of carbonyl (C=O) groups is 3. The number of nitrogens with zero attached hydrogens (tertiary/aromatic N) is 3. The molecule has 0 unspecified atom stereocenters. The smallest absolute Gasteiger partial charge is 0.317 e. The van der Waals surface area contributed by atoms with Crippen LogP contribution in [-0.4, -0.2) is 106 Å². The molecule has 4 aliphatic rings. The molecule has 4 aliphatic heterocycles. The van der Waals surface area contributed by atoms with Crippen molar-refractivity contribution in [3.63, 3.8) is 0 Å². The summed E-state index contributed by atoms with van der Waals surface area (Å²) in [6.07, 6.45) is 3.33. The lowest BCUT2D eigenvalue weighted by atomic mass is 9.72. The van der Waals surface area contributed by atoms with Gasteiger partial charge in [0.05, 0.1) is 29.9 Å². The predicted molar refractivity (Wildman–Crippen MR) is 242 cm³/mol. The fourth-order valence-corrected chi connectivity index (χ4v) is 9.65. The van der Waals surface area contributed by atoms with Crippen LogP contribution in [0.25, 0.3) is 10.9 Å². The Morgan fingerprint density at radius 3 is 2.22 bits per heavy atom. The number of ether oxygens (including phenoxy) is 1. The summed E-state index contributed by atoms with van der Waals surface area (Å²) in [6.45, 7) is 7.72. The molecule has 5 aromatic rings. The van der Waals surface area contributed by atoms with Gasteiger partial charge in [-0.15, -0.1) is 0 Å². The van der Waals surface area contributed by atoms with Crippen LogP contribution in [0.3, 0.4) is 0 Å². The average molecular weight is 854 g/mol. The number of amides is 2. The number of esters is 1. The second kappa shape index (κ2) is 19.7. The Hall–Kier alpha value is -5.82. The molecule has 2 atom stereocenters. The molecule has 0 radical (unpaired) electrons. The normalized spacial score (nSPS) is 19.7. The van der Waals surface area contributed by atoms with Gasteiger partial charge in [0.2, 0.25) is 17.4 Å². The molecule has 4 aromatic carbocycles. The third-order valence-corrected chi connectivity index (χ3v) is 13.5. The van der Waals surface area contributed by atoms with E-state index < -0.39 is 11.5 Å². The number of benzene rings is 4. The summed E-state index contributed by atoms with van der Waals surface area (Å²) >= 11 is 0. The van der Waals surface area contributed by atoms with Gasteiger partial charge in [-0.25, -0.2) is 0 Å². The van der Waals surface area contributed by atoms with E-state index in [0.29, 0.717) is 68.9 Å². The Balaban J connectivity index is 0.842. The molecule has 2 amide bonds. The molecule has 9 rings (SSSR count). The summed E-state index contributed by atoms with van der Waals surface area (Å²) in [5, 5.41) is 25.1. The van der Waals surface area contributed by atoms with Crippen molar-refractivity contribution in [2.45, 2.75) is 76.0 Å². The highest BCUT2D eigenvalue weighted by molar-refractivity contribution is 5.87. The first-order valence-corrected chi connectivity index (χ1v) is 22.5. The molecule has 0 spiro atoms. The summed E-state index contributed by atoms with van der Waals surface area (Å²) in [5.41, 5.74) is 4.64. The number of H-pyrrole nitrogens is 1. The number of carbonyl (C=O) groups excluding carboxylic acids is 3. The summed E-state index contributed by atoms with van der Waals surface area (Å²) in [4.78, 5) is 62.2. The Morgan fingerprint density at radius 1 is 0.857 bits per heavy atom. The highest BCUT2D eigenvalue weighted by Gasteiger charge is 2.47. The van der Waals surface area contributed by atoms with Crippen molar-refractivity contribution in [1.29, 1.82) is 0 Å². The molecule has 4 fully saturated rings. The van der Waals surface area contributed by atoms with Gasteiger partial charge in [-0.3, -0.25) is 24.1 Å². The van der Waals surface area contributed by atoms with Gasteiger partial charge in [0, 0.05) is 50.7 Å². The highest BCUT2D eigenvalue weighted by atomic mass is 16.5. The minimum atomic E-state index is -0.878. The van der Waals surface area contributed by atoms with Crippen LogP contribution in [0, 0.1) is 12.8 Å². The zero-order valence-corrected chi connectivity index (χ0v) is 36.1. The minimum absolute atomic E-state index is 0.00812. The number of phenols is 1. The summed E-state index contributed by atoms with van der Waals surface area (Å²) < 4.78 is 6.33. The first kappa shape index (κ1) is 43.8. The predicted octanol–water partition coefficient (Wildman–Crippen LogP) is 5.57. The first-order valence-electron chi connectivity index (χ1n) is 22.5. The number of aliphatic hydroxyl groups is 1. The highest BCUT2D eigenvalue weighted by Crippen LogP contribution is 2.39. The zero-order valence-electron chi connectivity index (χ0n) is 36.1. The van der Waals surface area contributed by atoms with Gasteiger partial charge in [0.25, 0.3) is 0 Å². The second-order valence-electron chi connectivity index (χ2n) is 17.7. The van der Waals surface area contributed by atoms with E-state index in [-0.39, 0.29) is 60.1 Å². The summed E-state index contributed by atoms with van der Waals surface area (Å²) in [6, 6.07) is 31.9. The van der Waals surface area contributed by atoms with Crippen LogP contribution in [0.2, 0.25) is 0 Å². The van der Waals surface area contributed by atoms with E-state index in [0.717, 1.165) is 60.3 Å². The number of fused-ring (bicyclic) bond motifs is 4. The maximum atomic E-state index is 14.1. The van der Waals surface area contributed by atoms with Gasteiger partial charge in [-0.05, 0) is 105 Å². The number of rotatable bonds is 16. The van der Waals surface area contributed by atoms with Crippen LogP contribution < -0.4 is 10.9 Å². The lowest BCUT2D eigenvalue weighted by molar-refractivity contribution is -0.168. The van der Waals surface area contributed by atoms with Crippen molar-refractivity contribution in [2.75, 3.05) is 52.4 Å². The van der Waals surface area contributed by atoms with Crippen LogP contribution in [0.15, 0.2) is 108 Å². The number of aliphatic hydroxyl groups excluding tert-OH is 1. The molecule has 4 N–H and O–H groups in total. The van der Waals surface area contributed by atoms with Crippen LogP contribution in [-0.2, 0) is 43.9 Å². The number of hydrogen-bond acceptors (Lipinski definition) is 9. The Morgan fingerprint density at radius 2 is 1.54 bits per heavy atom. The van der Waals surface area contributed by atoms with Crippen LogP contribution in [0.4, 0.5) is 0 Å². The van der Waals surface area contributed by atoms with Gasteiger partial charge >= 0.3 is 5.97 Å². The van der Waals surface area contributed by atoms with E-state index in [2.05, 4.69) is 15.2 Å². The number of aromatic hydroxyl groups is 1. The van der Waals surface area contributed by atoms with Gasteiger partial charge in [0.15, 0.2) is 0 Å². The second-order valence-corrected chi connectivity index (χ2v) is 17.7. The van der Waals surface area contributed by atoms with Gasteiger partial charge in [-0.1, -0.05) is 90.5 Å². The lowest BCUT2D eigenvalue weighted by Crippen LogP contribution is -2.55. The molecule has 0 saturated carbocycles. The monoisotopic (exact) mass is 853 g/mol. The Kier molecular flexibility index (Phi) is 13.7. The third kappa shape index (κ3) is 10.4. The van der Waals surface area contributed by atoms with Crippen molar-refractivity contribution in [1.82, 2.24) is 25.0 Å². The van der Waals surface area contributed by atoms with E-state index in [1.807, 2.05) is 95.6 Å². The van der Waals surface area contributed by atoms with Crippen LogP contribution in [0.1, 0.15) is 71.6 Å². The maximum absolute atomic E-state index is 14.1. The van der Waals surface area contributed by atoms with Crippen LogP contribution >= 0.6 is 0 Å². The molecular formula is C51H59N5O7. The molecule has 5 heterocycles. The van der Waals surface area contributed by atoms with E-state index in [1.54, 1.807) is 12.1 Å². The van der Waals surface area contributed by atoms with Gasteiger partial charge < -0.3 is 35.1 Å². The molecule has 0 aliphatic carbocycles. The van der Waals surface area contributed by atoms with Crippen LogP contribution in [0.5, 0.6) is 5.75 Å². The van der Waals surface area contributed by atoms with E-state index in [4.69, 9.17) is 4.74 Å². The van der Waals surface area contributed by atoms with E-state index in [1.165, 1.54) is 12.1 Å². The topological polar surface area (TPSA) is 156 Å². The number of likely N-dealkylation sites (tertiary alicyclic amines) is 1. The minimum Gasteiger partial charge on any atom is -0.506 e. The largest absolute Gasteiger partial charge is 0.506 e. The molecule has 63 heavy (non-hydrogen) atoms. The van der Waals surface area contributed by atoms with Gasteiger partial charge in [0.1, 0.15) is 11.9 Å². The van der Waals surface area contributed by atoms with Crippen molar-refractivity contribution in [2.24, 2.45) is 5.92 Å². The van der Waals surface area contributed by atoms with Crippen molar-refractivity contribution < 1.29 is 29.3 Å². The van der Waals surface area contributed by atoms with E-state index >= 15 is 0 Å². The number of hydrogen-bond donors (Lipinski definition) is 4. The Labute approximate surface area is 368 Å². The average Bonchev–Trinajstić information content (AvgIpc) is 3.30. The number of pyridine rings is 1. The molecule has 12 nitrogen and oxygen atoms in total. The number of aromatic nitrogens is 1. The standard InChI is InChI=1S/C51H59N5O7/c1-35-8-10-38(11-9-35)33-56(25-5-24-52-32-44(58)41-16-18-43(57)49-42(41)17-19-46(59)53-49)48(61)31-37-14-12-36(13-15-37)30-47(60)55-28-22-51(23-29-55,40-6-3-2-4-7-40)50(62)63-45-34-54-26-20-39(45)21-27-54/h2-4,6-19,39,44-45,52,57-58H,5,20-34H2,1H3,(H,53,59)/t44-,45-/m0/s1. The molecule has 4 saturated heterocycles. The molecule has 12 heteroatoms. The summed E-state index contributed by atoms with van der Waals surface area (Å²) in [7, 11) is 0. The molecular weight excluding hydrogens is 795 g/mol. The number of nitrogens with one attached hydrogen (secondary N) is 2. The number of phenolic OH excluding ortho intramolecular Hbond substituents is 1. The first-order chi connectivity index (χ1) is 30.5. The number of piperidine rings is 4. The quantitative estimate of drug-likeness (QED) is 0.0738. The van der Waals surface area contributed by atoms with Crippen molar-refractivity contribution in [3.05, 3.63) is 147 Å². The number of aryl methyl sites for hydroxylation is 1. The van der Waals surface area contributed by atoms with E-state index in [9.17, 15) is 29.4 Å². The maximum Gasteiger partial charge on any atom is 0.317 e. The fraction of sp³-hybridized carbons (Fsp3) is 0.412. The molecule has 330 valence electrons. The molecule has 1 aromatic heterocycles. The third-order valence-electron chi connectivity index (χ3n) is 13.5. The number of aromatic amines is 1. The van der Waals surface area contributed by atoms with Gasteiger partial charge in [-0.2, -0.15) is 0 Å².